The van der Waals surface area contributed by atoms with E-state index in [1.165, 1.54) is 4.88 Å². The number of anilines is 1. The van der Waals surface area contributed by atoms with Gasteiger partial charge in [0.2, 0.25) is 0 Å². The zero-order valence-corrected chi connectivity index (χ0v) is 16.6. The van der Waals surface area contributed by atoms with E-state index in [1.54, 1.807) is 35.8 Å². The highest BCUT2D eigenvalue weighted by Crippen LogP contribution is 2.28. The summed E-state index contributed by atoms with van der Waals surface area (Å²) in [7, 11) is 0. The van der Waals surface area contributed by atoms with Gasteiger partial charge in [-0.2, -0.15) is 0 Å². The molecule has 0 amide bonds. The highest BCUT2D eigenvalue weighted by molar-refractivity contribution is 7.80. The highest BCUT2D eigenvalue weighted by Gasteiger charge is 2.21. The Morgan fingerprint density at radius 2 is 2.00 bits per heavy atom. The van der Waals surface area contributed by atoms with Crippen molar-refractivity contribution in [3.63, 3.8) is 0 Å². The molecule has 25 heavy (non-hydrogen) atoms. The Labute approximate surface area is 166 Å². The van der Waals surface area contributed by atoms with E-state index in [-0.39, 0.29) is 6.04 Å². The second kappa shape index (κ2) is 8.23. The average Bonchev–Trinajstić information content (AvgIpc) is 3.24. The largest absolute Gasteiger partial charge is 0.467 e. The van der Waals surface area contributed by atoms with E-state index in [4.69, 9.17) is 39.8 Å². The Morgan fingerprint density at radius 3 is 2.60 bits per heavy atom. The van der Waals surface area contributed by atoms with Crippen molar-refractivity contribution in [2.24, 2.45) is 0 Å². The Balaban J connectivity index is 1.83. The summed E-state index contributed by atoms with van der Waals surface area (Å²) < 4.78 is 5.50. The van der Waals surface area contributed by atoms with Gasteiger partial charge in [-0.25, -0.2) is 0 Å². The summed E-state index contributed by atoms with van der Waals surface area (Å²) in [6.45, 7) is 2.68. The zero-order chi connectivity index (χ0) is 17.8. The van der Waals surface area contributed by atoms with Gasteiger partial charge in [-0.15, -0.1) is 11.3 Å². The SMILES string of the molecule is C[C@H](c1cccs1)N(Cc1ccco1)C(=S)Nc1cc(Cl)cc(Cl)c1. The summed E-state index contributed by atoms with van der Waals surface area (Å²) in [5, 5.41) is 6.98. The third-order valence-corrected chi connectivity index (χ3v) is 5.52. The first-order chi connectivity index (χ1) is 12.0. The van der Waals surface area contributed by atoms with E-state index < -0.39 is 0 Å². The molecular formula is C18H16Cl2N2OS2. The maximum Gasteiger partial charge on any atom is 0.174 e. The van der Waals surface area contributed by atoms with Crippen LogP contribution in [0.3, 0.4) is 0 Å². The molecule has 0 bridgehead atoms. The molecule has 130 valence electrons. The number of nitrogens with one attached hydrogen (secondary N) is 1. The molecule has 3 aromatic rings. The third kappa shape index (κ3) is 4.76. The Hall–Kier alpha value is -1.53. The number of rotatable bonds is 5. The fraction of sp³-hybridized carbons (Fsp3) is 0.167. The summed E-state index contributed by atoms with van der Waals surface area (Å²) >= 11 is 19.5. The molecule has 1 aromatic carbocycles. The van der Waals surface area contributed by atoms with Crippen molar-refractivity contribution >= 4 is 57.6 Å². The summed E-state index contributed by atoms with van der Waals surface area (Å²) in [5.74, 6) is 0.844. The van der Waals surface area contributed by atoms with Gasteiger partial charge in [0.05, 0.1) is 18.8 Å². The monoisotopic (exact) mass is 410 g/mol. The summed E-state index contributed by atoms with van der Waals surface area (Å²) in [6.07, 6.45) is 1.66. The van der Waals surface area contributed by atoms with Crippen LogP contribution in [0.25, 0.3) is 0 Å². The molecule has 0 saturated carbocycles. The molecule has 3 nitrogen and oxygen atoms in total. The molecule has 1 atom stereocenters. The van der Waals surface area contributed by atoms with E-state index in [2.05, 4.69) is 28.6 Å². The van der Waals surface area contributed by atoms with Gasteiger partial charge in [-0.1, -0.05) is 29.3 Å². The number of nitrogens with zero attached hydrogens (tertiary/aromatic N) is 1. The standard InChI is InChI=1S/C18H16Cl2N2OS2/c1-12(17-5-3-7-25-17)22(11-16-4-2-6-23-16)18(24)21-15-9-13(19)8-14(20)10-15/h2-10,12H,11H2,1H3,(H,21,24)/t12-/m1/s1. The molecule has 0 aliphatic rings. The molecule has 0 radical (unpaired) electrons. The Kier molecular flexibility index (Phi) is 6.02. The van der Waals surface area contributed by atoms with Gasteiger partial charge in [-0.05, 0) is 60.9 Å². The molecular weight excluding hydrogens is 395 g/mol. The maximum atomic E-state index is 6.08. The lowest BCUT2D eigenvalue weighted by atomic mass is 10.2. The fourth-order valence-corrected chi connectivity index (χ4v) is 4.12. The van der Waals surface area contributed by atoms with Crippen molar-refractivity contribution in [3.05, 3.63) is 74.8 Å². The van der Waals surface area contributed by atoms with Crippen LogP contribution in [0.15, 0.2) is 58.5 Å². The van der Waals surface area contributed by atoms with Crippen LogP contribution in [0.2, 0.25) is 10.0 Å². The van der Waals surface area contributed by atoms with Gasteiger partial charge in [0.1, 0.15) is 5.76 Å². The number of furan rings is 1. The molecule has 0 spiro atoms. The Morgan fingerprint density at radius 1 is 1.24 bits per heavy atom. The number of halogens is 2. The molecule has 2 heterocycles. The van der Waals surface area contributed by atoms with Crippen LogP contribution in [0.1, 0.15) is 23.6 Å². The lowest BCUT2D eigenvalue weighted by Crippen LogP contribution is -2.36. The predicted octanol–water partition coefficient (Wildman–Crippen LogP) is 6.61. The number of hydrogen-bond donors (Lipinski definition) is 1. The number of benzene rings is 1. The fourth-order valence-electron chi connectivity index (χ4n) is 2.46. The highest BCUT2D eigenvalue weighted by atomic mass is 35.5. The first-order valence-electron chi connectivity index (χ1n) is 7.62. The average molecular weight is 411 g/mol. The van der Waals surface area contributed by atoms with Crippen LogP contribution >= 0.6 is 46.8 Å². The lowest BCUT2D eigenvalue weighted by Gasteiger charge is -2.30. The summed E-state index contributed by atoms with van der Waals surface area (Å²) in [5.41, 5.74) is 0.755. The molecule has 0 fully saturated rings. The smallest absolute Gasteiger partial charge is 0.174 e. The molecule has 0 aliphatic carbocycles. The second-order valence-corrected chi connectivity index (χ2v) is 7.73. The van der Waals surface area contributed by atoms with Gasteiger partial charge < -0.3 is 14.6 Å². The van der Waals surface area contributed by atoms with Gasteiger partial charge in [0, 0.05) is 20.6 Å². The summed E-state index contributed by atoms with van der Waals surface area (Å²) in [4.78, 5) is 3.30. The minimum absolute atomic E-state index is 0.0970. The molecule has 3 rings (SSSR count). The second-order valence-electron chi connectivity index (χ2n) is 5.49. The van der Waals surface area contributed by atoms with Crippen LogP contribution in [0.5, 0.6) is 0 Å². The van der Waals surface area contributed by atoms with Gasteiger partial charge in [-0.3, -0.25) is 0 Å². The van der Waals surface area contributed by atoms with Crippen molar-refractivity contribution in [2.45, 2.75) is 19.5 Å². The van der Waals surface area contributed by atoms with Gasteiger partial charge in [0.15, 0.2) is 5.11 Å². The Bertz CT molecular complexity index is 815. The molecule has 7 heteroatoms. The summed E-state index contributed by atoms with van der Waals surface area (Å²) in [6, 6.07) is 13.3. The van der Waals surface area contributed by atoms with E-state index in [0.717, 1.165) is 11.4 Å². The number of hydrogen-bond acceptors (Lipinski definition) is 3. The van der Waals surface area contributed by atoms with Crippen LogP contribution in [-0.2, 0) is 6.54 Å². The minimum atomic E-state index is 0.0970. The lowest BCUT2D eigenvalue weighted by molar-refractivity contribution is 0.306. The van der Waals surface area contributed by atoms with Crippen molar-refractivity contribution in [3.8, 4) is 0 Å². The first-order valence-corrected chi connectivity index (χ1v) is 9.67. The normalized spacial score (nSPS) is 12.0. The van der Waals surface area contributed by atoms with E-state index in [9.17, 15) is 0 Å². The van der Waals surface area contributed by atoms with Crippen molar-refractivity contribution in [1.82, 2.24) is 4.90 Å². The molecule has 0 aliphatic heterocycles. The first kappa shape index (κ1) is 18.3. The van der Waals surface area contributed by atoms with Gasteiger partial charge in [0.25, 0.3) is 0 Å². The molecule has 1 N–H and O–H groups in total. The quantitative estimate of drug-likeness (QED) is 0.479. The van der Waals surface area contributed by atoms with Crippen LogP contribution in [0, 0.1) is 0 Å². The molecule has 2 aromatic heterocycles. The molecule has 0 saturated heterocycles. The third-order valence-electron chi connectivity index (χ3n) is 3.70. The van der Waals surface area contributed by atoms with Gasteiger partial charge >= 0.3 is 0 Å². The predicted molar refractivity (Wildman–Crippen MR) is 110 cm³/mol. The molecule has 0 unspecified atom stereocenters. The van der Waals surface area contributed by atoms with Crippen LogP contribution < -0.4 is 5.32 Å². The van der Waals surface area contributed by atoms with Crippen molar-refractivity contribution < 1.29 is 4.42 Å². The van der Waals surface area contributed by atoms with E-state index in [1.807, 2.05) is 18.2 Å². The zero-order valence-electron chi connectivity index (χ0n) is 13.4. The maximum absolute atomic E-state index is 6.08. The van der Waals surface area contributed by atoms with E-state index >= 15 is 0 Å². The van der Waals surface area contributed by atoms with Crippen LogP contribution in [-0.4, -0.2) is 10.0 Å². The number of thiocarbonyl (C=S) groups is 1. The number of thiophene rings is 1. The minimum Gasteiger partial charge on any atom is -0.467 e. The van der Waals surface area contributed by atoms with Crippen molar-refractivity contribution in [2.75, 3.05) is 5.32 Å². The van der Waals surface area contributed by atoms with E-state index in [0.29, 0.717) is 21.7 Å². The van der Waals surface area contributed by atoms with Crippen molar-refractivity contribution in [1.29, 1.82) is 0 Å². The topological polar surface area (TPSA) is 28.4 Å². The van der Waals surface area contributed by atoms with Crippen LogP contribution in [0.4, 0.5) is 5.69 Å².